The summed E-state index contributed by atoms with van der Waals surface area (Å²) >= 11 is 0. The Kier molecular flexibility index (Phi) is 3.88. The lowest BCUT2D eigenvalue weighted by molar-refractivity contribution is 0.123. The van der Waals surface area contributed by atoms with Gasteiger partial charge < -0.3 is 15.3 Å². The minimum Gasteiger partial charge on any atom is -0.396 e. The van der Waals surface area contributed by atoms with Gasteiger partial charge in [-0.1, -0.05) is 6.92 Å². The van der Waals surface area contributed by atoms with Gasteiger partial charge in [0, 0.05) is 42.4 Å². The Morgan fingerprint density at radius 1 is 1.42 bits per heavy atom. The third kappa shape index (κ3) is 3.21. The molecule has 0 bridgehead atoms. The van der Waals surface area contributed by atoms with Crippen LogP contribution in [0.2, 0.25) is 0 Å². The van der Waals surface area contributed by atoms with Gasteiger partial charge in [0.05, 0.1) is 6.61 Å². The Balaban J connectivity index is 1.48. The second-order valence-corrected chi connectivity index (χ2v) is 7.34. The van der Waals surface area contributed by atoms with Gasteiger partial charge in [-0.3, -0.25) is 5.10 Å². The summed E-state index contributed by atoms with van der Waals surface area (Å²) in [5.74, 6) is 2.89. The van der Waals surface area contributed by atoms with Crippen LogP contribution >= 0.6 is 0 Å². The summed E-state index contributed by atoms with van der Waals surface area (Å²) < 4.78 is 0. The number of hydrogen-bond acceptors (Lipinski definition) is 6. The molecule has 1 saturated carbocycles. The van der Waals surface area contributed by atoms with Crippen LogP contribution in [0, 0.1) is 5.41 Å². The van der Waals surface area contributed by atoms with Crippen LogP contribution in [0.4, 0.5) is 17.6 Å². The van der Waals surface area contributed by atoms with Gasteiger partial charge in [0.15, 0.2) is 5.82 Å². The maximum Gasteiger partial charge on any atom is 0.227 e. The molecule has 7 heteroatoms. The van der Waals surface area contributed by atoms with E-state index in [9.17, 15) is 5.11 Å². The van der Waals surface area contributed by atoms with Crippen molar-refractivity contribution in [3.8, 4) is 0 Å². The molecule has 3 N–H and O–H groups in total. The van der Waals surface area contributed by atoms with Gasteiger partial charge in [-0.25, -0.2) is 4.98 Å². The highest BCUT2D eigenvalue weighted by Gasteiger charge is 2.31. The molecule has 0 spiro atoms. The van der Waals surface area contributed by atoms with E-state index in [0.717, 1.165) is 37.6 Å². The lowest BCUT2D eigenvalue weighted by Crippen LogP contribution is -2.44. The molecule has 3 heterocycles. The topological polar surface area (TPSA) is 90.0 Å². The molecular formula is C17H24N6O. The van der Waals surface area contributed by atoms with Crippen molar-refractivity contribution in [1.29, 1.82) is 0 Å². The van der Waals surface area contributed by atoms with Gasteiger partial charge in [-0.2, -0.15) is 10.1 Å². The SMILES string of the molecule is C[C@]1(CO)CCCN(c2nccc(Nc3cc(C4CC4)[nH]n3)n2)C1. The van der Waals surface area contributed by atoms with Crippen LogP contribution < -0.4 is 10.2 Å². The summed E-state index contributed by atoms with van der Waals surface area (Å²) in [6.07, 6.45) is 6.34. The molecule has 2 aliphatic rings. The fourth-order valence-corrected chi connectivity index (χ4v) is 3.32. The Bertz CT molecular complexity index is 713. The number of aliphatic hydroxyl groups is 1. The fraction of sp³-hybridized carbons (Fsp3) is 0.588. The monoisotopic (exact) mass is 328 g/mol. The highest BCUT2D eigenvalue weighted by Crippen LogP contribution is 2.39. The van der Waals surface area contributed by atoms with Gasteiger partial charge in [-0.15, -0.1) is 0 Å². The first-order chi connectivity index (χ1) is 11.6. The molecule has 0 amide bonds. The van der Waals surface area contributed by atoms with E-state index in [4.69, 9.17) is 0 Å². The van der Waals surface area contributed by atoms with E-state index in [1.807, 2.05) is 6.07 Å². The number of hydrogen-bond donors (Lipinski definition) is 3. The highest BCUT2D eigenvalue weighted by molar-refractivity contribution is 5.53. The fourth-order valence-electron chi connectivity index (χ4n) is 3.32. The van der Waals surface area contributed by atoms with Gasteiger partial charge in [-0.05, 0) is 31.7 Å². The van der Waals surface area contributed by atoms with Crippen LogP contribution in [0.3, 0.4) is 0 Å². The zero-order valence-electron chi connectivity index (χ0n) is 14.0. The molecule has 1 aliphatic heterocycles. The average Bonchev–Trinajstić information content (AvgIpc) is 3.35. The van der Waals surface area contributed by atoms with E-state index >= 15 is 0 Å². The zero-order chi connectivity index (χ0) is 16.6. The number of aromatic amines is 1. The number of nitrogens with one attached hydrogen (secondary N) is 2. The smallest absolute Gasteiger partial charge is 0.227 e. The highest BCUT2D eigenvalue weighted by atomic mass is 16.3. The first-order valence-electron chi connectivity index (χ1n) is 8.66. The molecule has 1 atom stereocenters. The number of aromatic nitrogens is 4. The number of H-pyrrole nitrogens is 1. The zero-order valence-corrected chi connectivity index (χ0v) is 14.0. The van der Waals surface area contributed by atoms with Gasteiger partial charge in [0.25, 0.3) is 0 Å². The predicted molar refractivity (Wildman–Crippen MR) is 92.5 cm³/mol. The minimum atomic E-state index is -0.0770. The predicted octanol–water partition coefficient (Wildman–Crippen LogP) is 2.42. The molecule has 128 valence electrons. The minimum absolute atomic E-state index is 0.0770. The second kappa shape index (κ2) is 6.05. The van der Waals surface area contributed by atoms with Crippen molar-refractivity contribution in [3.63, 3.8) is 0 Å². The molecule has 0 aromatic carbocycles. The third-order valence-corrected chi connectivity index (χ3v) is 4.96. The van der Waals surface area contributed by atoms with Crippen LogP contribution in [0.1, 0.15) is 44.2 Å². The first kappa shape index (κ1) is 15.4. The van der Waals surface area contributed by atoms with Crippen LogP contribution in [-0.2, 0) is 0 Å². The summed E-state index contributed by atoms with van der Waals surface area (Å²) in [6, 6.07) is 3.91. The van der Waals surface area contributed by atoms with E-state index in [2.05, 4.69) is 43.4 Å². The second-order valence-electron chi connectivity index (χ2n) is 7.34. The summed E-state index contributed by atoms with van der Waals surface area (Å²) in [5, 5.41) is 20.3. The van der Waals surface area contributed by atoms with E-state index < -0.39 is 0 Å². The first-order valence-corrected chi connectivity index (χ1v) is 8.66. The van der Waals surface area contributed by atoms with E-state index in [1.165, 1.54) is 18.5 Å². The van der Waals surface area contributed by atoms with Crippen molar-refractivity contribution in [2.24, 2.45) is 5.41 Å². The van der Waals surface area contributed by atoms with Gasteiger partial charge in [0.1, 0.15) is 5.82 Å². The number of nitrogens with zero attached hydrogens (tertiary/aromatic N) is 4. The van der Waals surface area contributed by atoms with Crippen molar-refractivity contribution in [1.82, 2.24) is 20.2 Å². The molecule has 0 unspecified atom stereocenters. The molecule has 7 nitrogen and oxygen atoms in total. The number of anilines is 3. The molecule has 2 fully saturated rings. The third-order valence-electron chi connectivity index (χ3n) is 4.96. The lowest BCUT2D eigenvalue weighted by Gasteiger charge is -2.39. The Morgan fingerprint density at radius 3 is 3.08 bits per heavy atom. The van der Waals surface area contributed by atoms with Crippen molar-refractivity contribution in [2.75, 3.05) is 29.9 Å². The van der Waals surface area contributed by atoms with Crippen molar-refractivity contribution < 1.29 is 5.11 Å². The number of rotatable bonds is 5. The molecule has 2 aromatic heterocycles. The Labute approximate surface area is 141 Å². The largest absolute Gasteiger partial charge is 0.396 e. The summed E-state index contributed by atoms with van der Waals surface area (Å²) in [4.78, 5) is 11.2. The molecule has 1 aliphatic carbocycles. The van der Waals surface area contributed by atoms with Crippen LogP contribution in [-0.4, -0.2) is 45.0 Å². The lowest BCUT2D eigenvalue weighted by atomic mass is 9.83. The number of piperidine rings is 1. The normalized spacial score (nSPS) is 24.2. The maximum absolute atomic E-state index is 9.63. The maximum atomic E-state index is 9.63. The van der Waals surface area contributed by atoms with E-state index in [1.54, 1.807) is 6.20 Å². The summed E-state index contributed by atoms with van der Waals surface area (Å²) in [5.41, 5.74) is 1.12. The van der Waals surface area contributed by atoms with Crippen LogP contribution in [0.15, 0.2) is 18.3 Å². The molecule has 4 rings (SSSR count). The molecule has 24 heavy (non-hydrogen) atoms. The Hall–Kier alpha value is -2.15. The quantitative estimate of drug-likeness (QED) is 0.781. The Morgan fingerprint density at radius 2 is 2.29 bits per heavy atom. The van der Waals surface area contributed by atoms with Crippen molar-refractivity contribution in [3.05, 3.63) is 24.0 Å². The van der Waals surface area contributed by atoms with Crippen LogP contribution in [0.5, 0.6) is 0 Å². The number of aliphatic hydroxyl groups excluding tert-OH is 1. The summed E-state index contributed by atoms with van der Waals surface area (Å²) in [7, 11) is 0. The van der Waals surface area contributed by atoms with Crippen LogP contribution in [0.25, 0.3) is 0 Å². The van der Waals surface area contributed by atoms with Crippen molar-refractivity contribution in [2.45, 2.75) is 38.5 Å². The summed E-state index contributed by atoms with van der Waals surface area (Å²) in [6.45, 7) is 4.01. The molecule has 1 saturated heterocycles. The molecule has 2 aromatic rings. The van der Waals surface area contributed by atoms with Gasteiger partial charge >= 0.3 is 0 Å². The van der Waals surface area contributed by atoms with E-state index in [-0.39, 0.29) is 12.0 Å². The van der Waals surface area contributed by atoms with E-state index in [0.29, 0.717) is 11.9 Å². The standard InChI is InChI=1S/C17H24N6O/c1-17(11-24)6-2-8-23(10-17)16-18-7-5-14(20-16)19-15-9-13(21-22-15)12-3-4-12/h5,7,9,12,24H,2-4,6,8,10-11H2,1H3,(H2,18,19,20,21,22)/t17-/m0/s1. The van der Waals surface area contributed by atoms with Gasteiger partial charge in [0.2, 0.25) is 5.95 Å². The molecular weight excluding hydrogens is 304 g/mol. The average molecular weight is 328 g/mol. The van der Waals surface area contributed by atoms with Crippen molar-refractivity contribution >= 4 is 17.6 Å². The molecule has 0 radical (unpaired) electrons.